The van der Waals surface area contributed by atoms with Gasteiger partial charge in [0.1, 0.15) is 0 Å². The lowest BCUT2D eigenvalue weighted by Crippen LogP contribution is -2.29. The lowest BCUT2D eigenvalue weighted by atomic mass is 10.1. The number of hydrogen-bond donors (Lipinski definition) is 0. The monoisotopic (exact) mass is 357 g/mol. The maximum absolute atomic E-state index is 12.5. The summed E-state index contributed by atoms with van der Waals surface area (Å²) in [5, 5.41) is 0.203. The van der Waals surface area contributed by atoms with Gasteiger partial charge in [-0.3, -0.25) is 9.59 Å². The van der Waals surface area contributed by atoms with Crippen molar-refractivity contribution < 1.29 is 19.1 Å². The Hall–Kier alpha value is -2.66. The van der Waals surface area contributed by atoms with E-state index in [9.17, 15) is 14.4 Å². The number of carbonyl (C=O) groups is 3. The molecule has 0 N–H and O–H groups in total. The third-order valence-electron chi connectivity index (χ3n) is 3.77. The quantitative estimate of drug-likeness (QED) is 0.614. The Bertz CT molecular complexity index is 840. The number of esters is 1. The topological polar surface area (TPSA) is 63.7 Å². The number of carbonyl (C=O) groups excluding carboxylic acids is 3. The number of anilines is 1. The molecule has 2 aromatic rings. The summed E-state index contributed by atoms with van der Waals surface area (Å²) in [6.07, 6.45) is 0. The van der Waals surface area contributed by atoms with Gasteiger partial charge in [-0.25, -0.2) is 9.69 Å². The molecule has 25 heavy (non-hydrogen) atoms. The first-order valence-electron chi connectivity index (χ1n) is 7.84. The maximum Gasteiger partial charge on any atom is 0.339 e. The van der Waals surface area contributed by atoms with Gasteiger partial charge in [-0.2, -0.15) is 0 Å². The van der Waals surface area contributed by atoms with Gasteiger partial charge in [-0.05, 0) is 36.2 Å². The first-order chi connectivity index (χ1) is 11.9. The van der Waals surface area contributed by atoms with E-state index in [1.807, 2.05) is 13.8 Å². The van der Waals surface area contributed by atoms with Gasteiger partial charge in [0.15, 0.2) is 0 Å². The molecule has 0 fully saturated rings. The van der Waals surface area contributed by atoms with Crippen molar-refractivity contribution in [1.29, 1.82) is 0 Å². The van der Waals surface area contributed by atoms with Crippen molar-refractivity contribution in [3.63, 3.8) is 0 Å². The molecule has 1 aliphatic rings. The second-order valence-corrected chi connectivity index (χ2v) is 6.55. The summed E-state index contributed by atoms with van der Waals surface area (Å²) in [5.41, 5.74) is 1.08. The smallest absolute Gasteiger partial charge is 0.339 e. The summed E-state index contributed by atoms with van der Waals surface area (Å²) in [4.78, 5) is 38.4. The molecule has 0 unspecified atom stereocenters. The fourth-order valence-corrected chi connectivity index (χ4v) is 2.75. The lowest BCUT2D eigenvalue weighted by molar-refractivity contribution is 0.0458. The van der Waals surface area contributed by atoms with Crippen LogP contribution in [0.15, 0.2) is 42.5 Å². The zero-order chi connectivity index (χ0) is 18.1. The van der Waals surface area contributed by atoms with Crippen molar-refractivity contribution in [2.75, 3.05) is 11.5 Å². The highest BCUT2D eigenvalue weighted by molar-refractivity contribution is 6.36. The predicted molar refractivity (Wildman–Crippen MR) is 94.2 cm³/mol. The fourth-order valence-electron chi connectivity index (χ4n) is 2.55. The number of halogens is 1. The third-order valence-corrected chi connectivity index (χ3v) is 4.10. The summed E-state index contributed by atoms with van der Waals surface area (Å²) >= 11 is 6.09. The summed E-state index contributed by atoms with van der Waals surface area (Å²) in [5.74, 6) is -1.26. The van der Waals surface area contributed by atoms with Gasteiger partial charge < -0.3 is 4.74 Å². The average Bonchev–Trinajstić information content (AvgIpc) is 2.85. The highest BCUT2D eigenvalue weighted by Crippen LogP contribution is 2.31. The van der Waals surface area contributed by atoms with Crippen LogP contribution in [0, 0.1) is 5.92 Å². The minimum atomic E-state index is -0.586. The van der Waals surface area contributed by atoms with Crippen molar-refractivity contribution in [3.8, 4) is 0 Å². The molecule has 0 radical (unpaired) electrons. The van der Waals surface area contributed by atoms with Gasteiger partial charge in [0.2, 0.25) is 0 Å². The lowest BCUT2D eigenvalue weighted by Gasteiger charge is -2.16. The second kappa shape index (κ2) is 6.69. The molecule has 0 saturated carbocycles. The van der Waals surface area contributed by atoms with Gasteiger partial charge in [0.05, 0.1) is 34.0 Å². The number of ether oxygens (including phenoxy) is 1. The molecule has 0 spiro atoms. The van der Waals surface area contributed by atoms with E-state index in [-0.39, 0.29) is 28.8 Å². The number of amides is 2. The van der Waals surface area contributed by atoms with E-state index in [1.165, 1.54) is 18.2 Å². The van der Waals surface area contributed by atoms with Crippen molar-refractivity contribution >= 4 is 35.1 Å². The van der Waals surface area contributed by atoms with Gasteiger partial charge in [-0.1, -0.05) is 37.6 Å². The van der Waals surface area contributed by atoms with Crippen LogP contribution in [0.1, 0.15) is 44.9 Å². The Morgan fingerprint density at radius 3 is 2.24 bits per heavy atom. The zero-order valence-electron chi connectivity index (χ0n) is 13.8. The van der Waals surface area contributed by atoms with Gasteiger partial charge in [-0.15, -0.1) is 0 Å². The number of imide groups is 1. The molecule has 0 bridgehead atoms. The maximum atomic E-state index is 12.5. The van der Waals surface area contributed by atoms with Gasteiger partial charge in [0, 0.05) is 0 Å². The van der Waals surface area contributed by atoms with Crippen LogP contribution >= 0.6 is 11.6 Å². The van der Waals surface area contributed by atoms with Crippen LogP contribution in [0.3, 0.4) is 0 Å². The molecule has 0 saturated heterocycles. The number of fused-ring (bicyclic) bond motifs is 1. The highest BCUT2D eigenvalue weighted by Gasteiger charge is 2.36. The highest BCUT2D eigenvalue weighted by atomic mass is 35.5. The van der Waals surface area contributed by atoms with Crippen molar-refractivity contribution in [2.24, 2.45) is 5.92 Å². The van der Waals surface area contributed by atoms with Crippen LogP contribution in [0.2, 0.25) is 5.02 Å². The van der Waals surface area contributed by atoms with E-state index in [2.05, 4.69) is 0 Å². The molecule has 128 valence electrons. The SMILES string of the molecule is CC(C)COC(=O)c1cc(N2C(=O)c3ccccc3C2=O)ccc1Cl. The van der Waals surface area contributed by atoms with Crippen LogP contribution in [-0.2, 0) is 4.74 Å². The average molecular weight is 358 g/mol. The number of hydrogen-bond acceptors (Lipinski definition) is 4. The molecule has 2 amide bonds. The van der Waals surface area contributed by atoms with Crippen molar-refractivity contribution in [1.82, 2.24) is 0 Å². The molecule has 2 aromatic carbocycles. The van der Waals surface area contributed by atoms with E-state index in [4.69, 9.17) is 16.3 Å². The zero-order valence-corrected chi connectivity index (χ0v) is 14.5. The largest absolute Gasteiger partial charge is 0.462 e. The van der Waals surface area contributed by atoms with Crippen LogP contribution in [-0.4, -0.2) is 24.4 Å². The van der Waals surface area contributed by atoms with Crippen LogP contribution in [0.4, 0.5) is 5.69 Å². The fraction of sp³-hybridized carbons (Fsp3) is 0.211. The van der Waals surface area contributed by atoms with Crippen LogP contribution < -0.4 is 4.90 Å². The predicted octanol–water partition coefficient (Wildman–Crippen LogP) is 3.95. The Morgan fingerprint density at radius 1 is 1.08 bits per heavy atom. The molecule has 1 aliphatic heterocycles. The molecule has 6 heteroatoms. The minimum absolute atomic E-state index is 0.122. The normalized spacial score (nSPS) is 13.4. The molecule has 1 heterocycles. The van der Waals surface area contributed by atoms with Crippen molar-refractivity contribution in [3.05, 3.63) is 64.2 Å². The second-order valence-electron chi connectivity index (χ2n) is 6.15. The summed E-state index contributed by atoms with van der Waals surface area (Å²) in [6.45, 7) is 4.10. The van der Waals surface area contributed by atoms with Crippen LogP contribution in [0.5, 0.6) is 0 Å². The van der Waals surface area contributed by atoms with Gasteiger partial charge >= 0.3 is 5.97 Å². The molecular weight excluding hydrogens is 342 g/mol. The summed E-state index contributed by atoms with van der Waals surface area (Å²) in [6, 6.07) is 11.0. The van der Waals surface area contributed by atoms with E-state index in [0.717, 1.165) is 4.90 Å². The summed E-state index contributed by atoms with van der Waals surface area (Å²) in [7, 11) is 0. The summed E-state index contributed by atoms with van der Waals surface area (Å²) < 4.78 is 5.19. The standard InChI is InChI=1S/C19H16ClNO4/c1-11(2)10-25-19(24)15-9-12(7-8-16(15)20)21-17(22)13-5-3-4-6-14(13)18(21)23/h3-9,11H,10H2,1-2H3. The molecule has 3 rings (SSSR count). The minimum Gasteiger partial charge on any atom is -0.462 e. The van der Waals surface area contributed by atoms with Crippen molar-refractivity contribution in [2.45, 2.75) is 13.8 Å². The Labute approximate surface area is 150 Å². The van der Waals surface area contributed by atoms with Crippen LogP contribution in [0.25, 0.3) is 0 Å². The molecule has 0 atom stereocenters. The third kappa shape index (κ3) is 3.15. The number of benzene rings is 2. The van der Waals surface area contributed by atoms with E-state index < -0.39 is 17.8 Å². The number of nitrogens with zero attached hydrogens (tertiary/aromatic N) is 1. The molecule has 5 nitrogen and oxygen atoms in total. The number of rotatable bonds is 4. The van der Waals surface area contributed by atoms with E-state index in [0.29, 0.717) is 11.1 Å². The molecule has 0 aromatic heterocycles. The first kappa shape index (κ1) is 17.2. The molecular formula is C19H16ClNO4. The van der Waals surface area contributed by atoms with E-state index >= 15 is 0 Å². The Morgan fingerprint density at radius 2 is 1.68 bits per heavy atom. The Balaban J connectivity index is 1.95. The molecule has 0 aliphatic carbocycles. The van der Waals surface area contributed by atoms with E-state index in [1.54, 1.807) is 24.3 Å². The first-order valence-corrected chi connectivity index (χ1v) is 8.22. The Kier molecular flexibility index (Phi) is 4.59. The van der Waals surface area contributed by atoms with Gasteiger partial charge in [0.25, 0.3) is 11.8 Å².